The average Bonchev–Trinajstić information content (AvgIpc) is 3.35. The van der Waals surface area contributed by atoms with Gasteiger partial charge in [-0.2, -0.15) is 0 Å². The number of oxazole rings is 1. The molecule has 0 aliphatic carbocycles. The van der Waals surface area contributed by atoms with E-state index in [1.54, 1.807) is 6.20 Å². The van der Waals surface area contributed by atoms with Crippen LogP contribution in [0.25, 0.3) is 22.4 Å². The Morgan fingerprint density at radius 3 is 2.71 bits per heavy atom. The van der Waals surface area contributed by atoms with Crippen LogP contribution in [0.4, 0.5) is 4.39 Å². The molecule has 5 rings (SSSR count). The van der Waals surface area contributed by atoms with E-state index >= 15 is 4.39 Å². The molecule has 1 unspecified atom stereocenters. The van der Waals surface area contributed by atoms with Crippen LogP contribution in [0.1, 0.15) is 24.4 Å². The van der Waals surface area contributed by atoms with E-state index in [0.717, 1.165) is 10.1 Å². The van der Waals surface area contributed by atoms with Crippen molar-refractivity contribution in [1.29, 1.82) is 0 Å². The van der Waals surface area contributed by atoms with Gasteiger partial charge < -0.3 is 4.42 Å². The normalized spacial score (nSPS) is 16.6. The fourth-order valence-corrected chi connectivity index (χ4v) is 3.76. The number of hydrogen-bond donors (Lipinski definition) is 1. The maximum atomic E-state index is 15.4. The van der Waals surface area contributed by atoms with Gasteiger partial charge in [-0.1, -0.05) is 41.6 Å². The number of piperidine rings is 1. The molecule has 4 aromatic rings. The summed E-state index contributed by atoms with van der Waals surface area (Å²) in [4.78, 5) is 36.1. The smallest absolute Gasteiger partial charge is 0.408 e. The second-order valence-corrected chi connectivity index (χ2v) is 7.26. The number of nitrogens with one attached hydrogen (secondary N) is 1. The molecule has 0 saturated carbocycles. The topological polar surface area (TPSA) is 112 Å². The highest BCUT2D eigenvalue weighted by atomic mass is 19.1. The van der Waals surface area contributed by atoms with E-state index in [1.807, 2.05) is 30.3 Å². The summed E-state index contributed by atoms with van der Waals surface area (Å²) in [5.74, 6) is -2.63. The van der Waals surface area contributed by atoms with Crippen LogP contribution in [0.2, 0.25) is 0 Å². The third-order valence-electron chi connectivity index (χ3n) is 5.26. The van der Waals surface area contributed by atoms with Crippen LogP contribution in [0.3, 0.4) is 0 Å². The molecule has 31 heavy (non-hydrogen) atoms. The van der Waals surface area contributed by atoms with Gasteiger partial charge in [0.05, 0.1) is 12.7 Å². The molecule has 2 aromatic carbocycles. The summed E-state index contributed by atoms with van der Waals surface area (Å²) in [6.45, 7) is 0.0658. The zero-order valence-electron chi connectivity index (χ0n) is 16.1. The summed E-state index contributed by atoms with van der Waals surface area (Å²) in [5.41, 5.74) is 1.69. The second-order valence-electron chi connectivity index (χ2n) is 7.26. The molecule has 3 heterocycles. The van der Waals surface area contributed by atoms with Crippen LogP contribution >= 0.6 is 0 Å². The third kappa shape index (κ3) is 3.31. The van der Waals surface area contributed by atoms with Gasteiger partial charge in [-0.25, -0.2) is 13.9 Å². The quantitative estimate of drug-likeness (QED) is 0.505. The van der Waals surface area contributed by atoms with E-state index < -0.39 is 29.4 Å². The Hall–Kier alpha value is -4.08. The largest absolute Gasteiger partial charge is 0.420 e. The number of benzene rings is 2. The van der Waals surface area contributed by atoms with Gasteiger partial charge in [0.25, 0.3) is 0 Å². The summed E-state index contributed by atoms with van der Waals surface area (Å²) in [7, 11) is 0. The maximum Gasteiger partial charge on any atom is 0.420 e. The Morgan fingerprint density at radius 2 is 1.94 bits per heavy atom. The molecule has 1 atom stereocenters. The van der Waals surface area contributed by atoms with Crippen LogP contribution in [-0.2, 0) is 16.1 Å². The second kappa shape index (κ2) is 7.31. The number of fused-ring (bicyclic) bond motifs is 1. The molecule has 0 bridgehead atoms. The van der Waals surface area contributed by atoms with E-state index in [1.165, 1.54) is 16.8 Å². The maximum absolute atomic E-state index is 15.4. The van der Waals surface area contributed by atoms with E-state index in [9.17, 15) is 14.4 Å². The number of halogens is 1. The number of carbonyl (C=O) groups is 2. The van der Waals surface area contributed by atoms with Crippen molar-refractivity contribution in [3.8, 4) is 11.3 Å². The monoisotopic (exact) mass is 421 g/mol. The summed E-state index contributed by atoms with van der Waals surface area (Å²) < 4.78 is 23.0. The lowest BCUT2D eigenvalue weighted by atomic mass is 10.1. The molecule has 1 aliphatic rings. The van der Waals surface area contributed by atoms with Crippen molar-refractivity contribution in [3.05, 3.63) is 70.6 Å². The molecule has 1 fully saturated rings. The third-order valence-corrected chi connectivity index (χ3v) is 5.26. The lowest BCUT2D eigenvalue weighted by Crippen LogP contribution is -2.43. The van der Waals surface area contributed by atoms with Crippen LogP contribution in [0.5, 0.6) is 0 Å². The lowest BCUT2D eigenvalue weighted by molar-refractivity contribution is -0.135. The summed E-state index contributed by atoms with van der Waals surface area (Å²) in [6, 6.07) is 11.4. The zero-order chi connectivity index (χ0) is 21.5. The summed E-state index contributed by atoms with van der Waals surface area (Å²) in [5, 5.41) is 10.3. The van der Waals surface area contributed by atoms with Crippen LogP contribution in [0.15, 0.2) is 57.9 Å². The van der Waals surface area contributed by atoms with Gasteiger partial charge in [-0.3, -0.25) is 19.5 Å². The molecule has 1 aliphatic heterocycles. The van der Waals surface area contributed by atoms with Crippen LogP contribution < -0.4 is 11.1 Å². The lowest BCUT2D eigenvalue weighted by Gasteiger charge is -2.21. The van der Waals surface area contributed by atoms with Crippen molar-refractivity contribution >= 4 is 22.9 Å². The van der Waals surface area contributed by atoms with Gasteiger partial charge in [0.1, 0.15) is 17.3 Å². The Balaban J connectivity index is 1.52. The highest BCUT2D eigenvalue weighted by molar-refractivity contribution is 6.00. The van der Waals surface area contributed by atoms with E-state index in [2.05, 4.69) is 15.6 Å². The first kappa shape index (κ1) is 18.9. The molecule has 2 aromatic heterocycles. The standard InChI is InChI=1S/C21H16FN5O4/c22-18-13(10-26-11-14(24-25-26)12-4-2-1-3-5-12)6-8-16-19(18)27(21(30)31-16)15-7-9-17(28)23-20(15)29/h1-6,8,11,15H,7,9-10H2,(H,23,28,29). The molecule has 10 heteroatoms. The Kier molecular flexibility index (Phi) is 4.46. The Morgan fingerprint density at radius 1 is 1.13 bits per heavy atom. The van der Waals surface area contributed by atoms with Gasteiger partial charge >= 0.3 is 5.76 Å². The molecular weight excluding hydrogens is 405 g/mol. The van der Waals surface area contributed by atoms with Crippen molar-refractivity contribution in [2.24, 2.45) is 0 Å². The fourth-order valence-electron chi connectivity index (χ4n) is 3.76. The van der Waals surface area contributed by atoms with Gasteiger partial charge in [-0.05, 0) is 12.5 Å². The summed E-state index contributed by atoms with van der Waals surface area (Å²) >= 11 is 0. The number of carbonyl (C=O) groups excluding carboxylic acids is 2. The van der Waals surface area contributed by atoms with E-state index in [0.29, 0.717) is 5.69 Å². The molecular formula is C21H16FN5O4. The number of nitrogens with zero attached hydrogens (tertiary/aromatic N) is 4. The minimum absolute atomic E-state index is 0.0273. The van der Waals surface area contributed by atoms with Crippen molar-refractivity contribution in [2.75, 3.05) is 0 Å². The first-order valence-electron chi connectivity index (χ1n) is 9.63. The van der Waals surface area contributed by atoms with Crippen molar-refractivity contribution in [2.45, 2.75) is 25.4 Å². The molecule has 0 radical (unpaired) electrons. The average molecular weight is 421 g/mol. The number of amides is 2. The Bertz CT molecular complexity index is 1370. The first-order valence-corrected chi connectivity index (χ1v) is 9.63. The summed E-state index contributed by atoms with van der Waals surface area (Å²) in [6.07, 6.45) is 1.84. The van der Waals surface area contributed by atoms with Crippen LogP contribution in [0, 0.1) is 5.82 Å². The van der Waals surface area contributed by atoms with Crippen molar-refractivity contribution in [1.82, 2.24) is 24.9 Å². The highest BCUT2D eigenvalue weighted by Gasteiger charge is 2.32. The molecule has 0 spiro atoms. The number of imide groups is 1. The van der Waals surface area contributed by atoms with Crippen molar-refractivity contribution < 1.29 is 18.4 Å². The van der Waals surface area contributed by atoms with Crippen molar-refractivity contribution in [3.63, 3.8) is 0 Å². The van der Waals surface area contributed by atoms with Gasteiger partial charge in [-0.15, -0.1) is 5.10 Å². The number of aromatic nitrogens is 4. The first-order chi connectivity index (χ1) is 15.0. The predicted octanol–water partition coefficient (Wildman–Crippen LogP) is 2.02. The minimum Gasteiger partial charge on any atom is -0.408 e. The number of rotatable bonds is 4. The fraction of sp³-hybridized carbons (Fsp3) is 0.190. The molecule has 2 amide bonds. The van der Waals surface area contributed by atoms with E-state index in [-0.39, 0.29) is 36.0 Å². The minimum atomic E-state index is -1.02. The van der Waals surface area contributed by atoms with E-state index in [4.69, 9.17) is 4.42 Å². The highest BCUT2D eigenvalue weighted by Crippen LogP contribution is 2.27. The predicted molar refractivity (Wildman–Crippen MR) is 106 cm³/mol. The number of hydrogen-bond acceptors (Lipinski definition) is 6. The molecule has 9 nitrogen and oxygen atoms in total. The van der Waals surface area contributed by atoms with Gasteiger partial charge in [0, 0.05) is 17.5 Å². The Labute approximate surface area is 174 Å². The molecule has 1 saturated heterocycles. The zero-order valence-corrected chi connectivity index (χ0v) is 16.1. The van der Waals surface area contributed by atoms with Gasteiger partial charge in [0.2, 0.25) is 11.8 Å². The molecule has 156 valence electrons. The van der Waals surface area contributed by atoms with Gasteiger partial charge in [0.15, 0.2) is 11.4 Å². The van der Waals surface area contributed by atoms with Crippen LogP contribution in [-0.4, -0.2) is 31.4 Å². The molecule has 1 N–H and O–H groups in total. The SMILES string of the molecule is O=C1CCC(n2c(=O)oc3ccc(Cn4cc(-c5ccccc5)nn4)c(F)c32)C(=O)N1.